The number of nitrogens with zero attached hydrogens (tertiary/aromatic N) is 2. The van der Waals surface area contributed by atoms with Gasteiger partial charge in [0.2, 0.25) is 15.9 Å². The summed E-state index contributed by atoms with van der Waals surface area (Å²) in [4.78, 5) is 14.4. The topological polar surface area (TPSA) is 57.7 Å². The summed E-state index contributed by atoms with van der Waals surface area (Å²) in [6, 6.07) is 14.2. The predicted molar refractivity (Wildman–Crippen MR) is 97.7 cm³/mol. The van der Waals surface area contributed by atoms with Crippen molar-refractivity contribution < 1.29 is 17.6 Å². The third kappa shape index (κ3) is 3.78. The maximum atomic E-state index is 13.0. The van der Waals surface area contributed by atoms with Crippen LogP contribution in [0, 0.1) is 11.7 Å². The quantitative estimate of drug-likeness (QED) is 0.824. The van der Waals surface area contributed by atoms with E-state index in [1.54, 1.807) is 11.9 Å². The Kier molecular flexibility index (Phi) is 5.38. The van der Waals surface area contributed by atoms with Crippen LogP contribution in [-0.2, 0) is 14.8 Å². The van der Waals surface area contributed by atoms with Crippen molar-refractivity contribution in [1.29, 1.82) is 0 Å². The van der Waals surface area contributed by atoms with Crippen molar-refractivity contribution in [2.24, 2.45) is 5.92 Å². The molecule has 0 N–H and O–H groups in total. The van der Waals surface area contributed by atoms with Crippen molar-refractivity contribution in [2.75, 3.05) is 25.0 Å². The minimum absolute atomic E-state index is 0.00460. The molecule has 1 heterocycles. The van der Waals surface area contributed by atoms with E-state index >= 15 is 0 Å². The fourth-order valence-electron chi connectivity index (χ4n) is 3.15. The molecule has 1 aliphatic rings. The number of anilines is 1. The number of sulfonamides is 1. The molecule has 0 radical (unpaired) electrons. The summed E-state index contributed by atoms with van der Waals surface area (Å²) in [5, 5.41) is 0. The van der Waals surface area contributed by atoms with Crippen LogP contribution in [0.3, 0.4) is 0 Å². The van der Waals surface area contributed by atoms with Crippen molar-refractivity contribution in [2.45, 2.75) is 17.7 Å². The first-order chi connectivity index (χ1) is 12.4. The highest BCUT2D eigenvalue weighted by Gasteiger charge is 2.33. The molecule has 1 aliphatic heterocycles. The summed E-state index contributed by atoms with van der Waals surface area (Å²) >= 11 is 0. The highest BCUT2D eigenvalue weighted by molar-refractivity contribution is 7.89. The van der Waals surface area contributed by atoms with Crippen LogP contribution in [0.5, 0.6) is 0 Å². The summed E-state index contributed by atoms with van der Waals surface area (Å²) in [7, 11) is -1.92. The molecule has 3 rings (SSSR count). The number of benzene rings is 2. The standard InChI is InChI=1S/C19H21FN2O3S/c1-21(17-5-3-2-4-6-17)19(23)15-11-13-22(14-12-15)26(24,25)18-9-7-16(20)8-10-18/h2-10,15H,11-14H2,1H3. The maximum Gasteiger partial charge on any atom is 0.243 e. The molecule has 0 unspecified atom stereocenters. The lowest BCUT2D eigenvalue weighted by molar-refractivity contribution is -0.123. The van der Waals surface area contributed by atoms with Gasteiger partial charge in [0.15, 0.2) is 0 Å². The van der Waals surface area contributed by atoms with Crippen molar-refractivity contribution in [3.63, 3.8) is 0 Å². The van der Waals surface area contributed by atoms with Gasteiger partial charge in [-0.2, -0.15) is 4.31 Å². The van der Waals surface area contributed by atoms with Crippen LogP contribution < -0.4 is 4.90 Å². The fourth-order valence-corrected chi connectivity index (χ4v) is 4.62. The van der Waals surface area contributed by atoms with E-state index in [0.717, 1.165) is 17.8 Å². The van der Waals surface area contributed by atoms with Gasteiger partial charge in [0.05, 0.1) is 4.90 Å². The second-order valence-corrected chi connectivity index (χ2v) is 8.30. The van der Waals surface area contributed by atoms with Gasteiger partial charge in [0.25, 0.3) is 0 Å². The first-order valence-electron chi connectivity index (χ1n) is 8.48. The van der Waals surface area contributed by atoms with E-state index in [0.29, 0.717) is 12.8 Å². The van der Waals surface area contributed by atoms with Crippen LogP contribution in [0.4, 0.5) is 10.1 Å². The summed E-state index contributed by atoms with van der Waals surface area (Å²) in [5.41, 5.74) is 0.818. The normalized spacial score (nSPS) is 16.4. The van der Waals surface area contributed by atoms with E-state index in [1.807, 2.05) is 30.3 Å². The molecule has 7 heteroatoms. The lowest BCUT2D eigenvalue weighted by atomic mass is 9.96. The molecule has 1 saturated heterocycles. The SMILES string of the molecule is CN(C(=O)C1CCN(S(=O)(=O)c2ccc(F)cc2)CC1)c1ccccc1. The zero-order chi connectivity index (χ0) is 18.7. The molecule has 26 heavy (non-hydrogen) atoms. The predicted octanol–water partition coefficient (Wildman–Crippen LogP) is 2.89. The van der Waals surface area contributed by atoms with Gasteiger partial charge < -0.3 is 4.90 Å². The van der Waals surface area contributed by atoms with E-state index < -0.39 is 15.8 Å². The zero-order valence-electron chi connectivity index (χ0n) is 14.5. The Bertz CT molecular complexity index is 861. The molecule has 0 saturated carbocycles. The monoisotopic (exact) mass is 376 g/mol. The van der Waals surface area contributed by atoms with Crippen LogP contribution in [0.2, 0.25) is 0 Å². The number of para-hydroxylation sites is 1. The number of amides is 1. The number of carbonyl (C=O) groups is 1. The largest absolute Gasteiger partial charge is 0.315 e. The number of rotatable bonds is 4. The second-order valence-electron chi connectivity index (χ2n) is 6.37. The smallest absolute Gasteiger partial charge is 0.243 e. The molecular formula is C19H21FN2O3S. The highest BCUT2D eigenvalue weighted by atomic mass is 32.2. The van der Waals surface area contributed by atoms with Crippen LogP contribution in [-0.4, -0.2) is 38.8 Å². The van der Waals surface area contributed by atoms with Crippen LogP contribution in [0.25, 0.3) is 0 Å². The van der Waals surface area contributed by atoms with E-state index in [-0.39, 0.29) is 29.8 Å². The maximum absolute atomic E-state index is 13.0. The number of carbonyl (C=O) groups excluding carboxylic acids is 1. The average Bonchev–Trinajstić information content (AvgIpc) is 2.68. The minimum Gasteiger partial charge on any atom is -0.315 e. The number of hydrogen-bond donors (Lipinski definition) is 0. The van der Waals surface area contributed by atoms with E-state index in [4.69, 9.17) is 0 Å². The third-order valence-electron chi connectivity index (χ3n) is 4.73. The molecule has 138 valence electrons. The zero-order valence-corrected chi connectivity index (χ0v) is 15.3. The Morgan fingerprint density at radius 1 is 1.04 bits per heavy atom. The van der Waals surface area contributed by atoms with Crippen molar-refractivity contribution in [1.82, 2.24) is 4.31 Å². The van der Waals surface area contributed by atoms with Gasteiger partial charge in [-0.15, -0.1) is 0 Å². The second kappa shape index (κ2) is 7.55. The molecule has 1 amide bonds. The number of halogens is 1. The lowest BCUT2D eigenvalue weighted by Crippen LogP contribution is -2.43. The van der Waals surface area contributed by atoms with Gasteiger partial charge in [-0.25, -0.2) is 12.8 Å². The van der Waals surface area contributed by atoms with Gasteiger partial charge in [-0.3, -0.25) is 4.79 Å². The summed E-state index contributed by atoms with van der Waals surface area (Å²) in [6.07, 6.45) is 0.937. The first kappa shape index (κ1) is 18.5. The summed E-state index contributed by atoms with van der Waals surface area (Å²) in [6.45, 7) is 0.553. The molecule has 0 aliphatic carbocycles. The van der Waals surface area contributed by atoms with Crippen LogP contribution in [0.15, 0.2) is 59.5 Å². The van der Waals surface area contributed by atoms with Crippen molar-refractivity contribution in [3.05, 3.63) is 60.4 Å². The van der Waals surface area contributed by atoms with Crippen LogP contribution in [0.1, 0.15) is 12.8 Å². The van der Waals surface area contributed by atoms with E-state index in [9.17, 15) is 17.6 Å². The van der Waals surface area contributed by atoms with Gasteiger partial charge in [0, 0.05) is 31.7 Å². The number of hydrogen-bond acceptors (Lipinski definition) is 3. The molecule has 0 aromatic heterocycles. The molecule has 1 fully saturated rings. The van der Waals surface area contributed by atoms with Gasteiger partial charge in [-0.05, 0) is 49.2 Å². The first-order valence-corrected chi connectivity index (χ1v) is 9.92. The molecule has 0 bridgehead atoms. The van der Waals surface area contributed by atoms with Crippen LogP contribution >= 0.6 is 0 Å². The molecule has 0 atom stereocenters. The van der Waals surface area contributed by atoms with Gasteiger partial charge in [-0.1, -0.05) is 18.2 Å². The molecule has 5 nitrogen and oxygen atoms in total. The third-order valence-corrected chi connectivity index (χ3v) is 6.64. The minimum atomic E-state index is -3.66. The molecular weight excluding hydrogens is 355 g/mol. The van der Waals surface area contributed by atoms with Gasteiger partial charge >= 0.3 is 0 Å². The lowest BCUT2D eigenvalue weighted by Gasteiger charge is -2.32. The summed E-state index contributed by atoms with van der Waals surface area (Å²) in [5.74, 6) is -0.688. The van der Waals surface area contributed by atoms with E-state index in [2.05, 4.69) is 0 Å². The van der Waals surface area contributed by atoms with Crippen molar-refractivity contribution >= 4 is 21.6 Å². The Hall–Kier alpha value is -2.25. The number of piperidine rings is 1. The highest BCUT2D eigenvalue weighted by Crippen LogP contribution is 2.26. The Morgan fingerprint density at radius 3 is 2.19 bits per heavy atom. The fraction of sp³-hybridized carbons (Fsp3) is 0.316. The van der Waals surface area contributed by atoms with E-state index in [1.165, 1.54) is 16.4 Å². The molecule has 2 aromatic rings. The van der Waals surface area contributed by atoms with Gasteiger partial charge in [0.1, 0.15) is 5.82 Å². The Morgan fingerprint density at radius 2 is 1.62 bits per heavy atom. The molecule has 0 spiro atoms. The average molecular weight is 376 g/mol. The molecule has 2 aromatic carbocycles. The summed E-state index contributed by atoms with van der Waals surface area (Å²) < 4.78 is 39.7. The van der Waals surface area contributed by atoms with Crippen molar-refractivity contribution in [3.8, 4) is 0 Å². The Balaban J connectivity index is 1.65. The Labute approximate surface area is 153 Å².